The third-order valence-corrected chi connectivity index (χ3v) is 4.67. The topological polar surface area (TPSA) is 60.9 Å². The van der Waals surface area contributed by atoms with Crippen molar-refractivity contribution in [1.29, 1.82) is 0 Å². The lowest BCUT2D eigenvalue weighted by atomic mass is 10.0. The Morgan fingerprint density at radius 2 is 1.93 bits per heavy atom. The van der Waals surface area contributed by atoms with Crippen LogP contribution in [0.1, 0.15) is 34.8 Å². The van der Waals surface area contributed by atoms with E-state index in [1.54, 1.807) is 25.2 Å². The number of rotatable bonds is 6. The molecule has 6 nitrogen and oxygen atoms in total. The van der Waals surface area contributed by atoms with Crippen molar-refractivity contribution < 1.29 is 32.2 Å². The molecule has 9 heteroatoms. The number of alkyl halides is 3. The summed E-state index contributed by atoms with van der Waals surface area (Å²) in [5.41, 5.74) is 1.21. The van der Waals surface area contributed by atoms with Crippen LogP contribution in [-0.2, 0) is 0 Å². The minimum Gasteiger partial charge on any atom is -0.493 e. The van der Waals surface area contributed by atoms with Gasteiger partial charge in [-0.05, 0) is 36.6 Å². The molecule has 0 aliphatic carbocycles. The Morgan fingerprint density at radius 1 is 1.17 bits per heavy atom. The van der Waals surface area contributed by atoms with Gasteiger partial charge >= 0.3 is 6.18 Å². The van der Waals surface area contributed by atoms with Gasteiger partial charge < -0.3 is 19.1 Å². The summed E-state index contributed by atoms with van der Waals surface area (Å²) in [5, 5.41) is 0. The SMILES string of the molecule is COc1ccc(C2CCCN2C(=O)c2ccc(OCC(F)(F)F)nc2)cc1OC. The molecule has 0 N–H and O–H groups in total. The fourth-order valence-corrected chi connectivity index (χ4v) is 3.33. The second kappa shape index (κ2) is 8.59. The number of carbonyl (C=O) groups is 1. The minimum absolute atomic E-state index is 0.136. The molecular formula is C20H21F3N2O4. The maximum absolute atomic E-state index is 12.9. The molecule has 1 amide bonds. The summed E-state index contributed by atoms with van der Waals surface area (Å²) in [6.07, 6.45) is -1.58. The molecule has 0 saturated carbocycles. The number of likely N-dealkylation sites (tertiary alicyclic amines) is 1. The first-order valence-electron chi connectivity index (χ1n) is 9.01. The number of methoxy groups -OCH3 is 2. The number of aromatic nitrogens is 1. The number of hydrogen-bond acceptors (Lipinski definition) is 5. The first-order valence-corrected chi connectivity index (χ1v) is 9.01. The fraction of sp³-hybridized carbons (Fsp3) is 0.400. The van der Waals surface area contributed by atoms with E-state index in [9.17, 15) is 18.0 Å². The smallest absolute Gasteiger partial charge is 0.422 e. The number of pyridine rings is 1. The monoisotopic (exact) mass is 410 g/mol. The standard InChI is InChI=1S/C20H21F3N2O4/c1-27-16-7-5-13(10-17(16)28-2)15-4-3-9-25(15)19(26)14-6-8-18(24-11-14)29-12-20(21,22)23/h5-8,10-11,15H,3-4,9,12H2,1-2H3. The Morgan fingerprint density at radius 3 is 2.55 bits per heavy atom. The first kappa shape index (κ1) is 20.8. The molecule has 1 aromatic heterocycles. The number of hydrogen-bond donors (Lipinski definition) is 0. The Hall–Kier alpha value is -2.97. The molecule has 1 fully saturated rings. The molecule has 2 aromatic rings. The molecule has 2 heterocycles. The summed E-state index contributed by atoms with van der Waals surface area (Å²) >= 11 is 0. The largest absolute Gasteiger partial charge is 0.493 e. The summed E-state index contributed by atoms with van der Waals surface area (Å²) < 4.78 is 51.9. The van der Waals surface area contributed by atoms with Crippen LogP contribution in [0.4, 0.5) is 13.2 Å². The minimum atomic E-state index is -4.45. The fourth-order valence-electron chi connectivity index (χ4n) is 3.33. The van der Waals surface area contributed by atoms with Crippen LogP contribution >= 0.6 is 0 Å². The molecule has 0 radical (unpaired) electrons. The number of ether oxygens (including phenoxy) is 3. The lowest BCUT2D eigenvalue weighted by Crippen LogP contribution is -2.30. The number of nitrogens with zero attached hydrogens (tertiary/aromatic N) is 2. The molecule has 29 heavy (non-hydrogen) atoms. The van der Waals surface area contributed by atoms with E-state index in [2.05, 4.69) is 9.72 Å². The average Bonchev–Trinajstić information content (AvgIpc) is 3.21. The van der Waals surface area contributed by atoms with Crippen molar-refractivity contribution in [3.63, 3.8) is 0 Å². The van der Waals surface area contributed by atoms with Crippen LogP contribution in [0.3, 0.4) is 0 Å². The van der Waals surface area contributed by atoms with Crippen LogP contribution in [0.25, 0.3) is 0 Å². The van der Waals surface area contributed by atoms with Gasteiger partial charge in [-0.15, -0.1) is 0 Å². The molecule has 1 saturated heterocycles. The second-order valence-corrected chi connectivity index (χ2v) is 6.56. The molecule has 1 unspecified atom stereocenters. The van der Waals surface area contributed by atoms with Gasteiger partial charge in [0.2, 0.25) is 5.88 Å². The molecule has 1 aliphatic heterocycles. The highest BCUT2D eigenvalue weighted by atomic mass is 19.4. The zero-order valence-corrected chi connectivity index (χ0v) is 16.0. The summed E-state index contributed by atoms with van der Waals surface area (Å²) in [7, 11) is 3.10. The van der Waals surface area contributed by atoms with E-state index in [0.717, 1.165) is 18.4 Å². The molecule has 0 spiro atoms. The lowest BCUT2D eigenvalue weighted by Gasteiger charge is -2.25. The predicted octanol–water partition coefficient (Wildman–Crippen LogP) is 4.02. The third-order valence-electron chi connectivity index (χ3n) is 4.67. The van der Waals surface area contributed by atoms with Crippen molar-refractivity contribution in [2.75, 3.05) is 27.4 Å². The molecule has 1 aliphatic rings. The lowest BCUT2D eigenvalue weighted by molar-refractivity contribution is -0.154. The summed E-state index contributed by atoms with van der Waals surface area (Å²) in [6.45, 7) is -0.856. The van der Waals surface area contributed by atoms with Crippen LogP contribution in [0.15, 0.2) is 36.5 Å². The van der Waals surface area contributed by atoms with Crippen molar-refractivity contribution in [2.24, 2.45) is 0 Å². The quantitative estimate of drug-likeness (QED) is 0.720. The van der Waals surface area contributed by atoms with Crippen molar-refractivity contribution in [1.82, 2.24) is 9.88 Å². The van der Waals surface area contributed by atoms with Crippen LogP contribution in [0.2, 0.25) is 0 Å². The number of benzene rings is 1. The van der Waals surface area contributed by atoms with Crippen LogP contribution in [-0.4, -0.2) is 49.3 Å². The highest BCUT2D eigenvalue weighted by molar-refractivity contribution is 5.94. The molecule has 1 atom stereocenters. The number of carbonyl (C=O) groups excluding carboxylic acids is 1. The van der Waals surface area contributed by atoms with Gasteiger partial charge in [0.15, 0.2) is 18.1 Å². The van der Waals surface area contributed by atoms with Gasteiger partial charge in [-0.3, -0.25) is 4.79 Å². The first-order chi connectivity index (χ1) is 13.8. The maximum Gasteiger partial charge on any atom is 0.422 e. The summed E-state index contributed by atoms with van der Waals surface area (Å²) in [4.78, 5) is 18.5. The van der Waals surface area contributed by atoms with Gasteiger partial charge in [-0.2, -0.15) is 13.2 Å². The van der Waals surface area contributed by atoms with E-state index in [4.69, 9.17) is 9.47 Å². The van der Waals surface area contributed by atoms with E-state index >= 15 is 0 Å². The van der Waals surface area contributed by atoms with Gasteiger partial charge in [-0.1, -0.05) is 6.07 Å². The maximum atomic E-state index is 12.9. The van der Waals surface area contributed by atoms with Crippen LogP contribution in [0, 0.1) is 0 Å². The van der Waals surface area contributed by atoms with Crippen molar-refractivity contribution >= 4 is 5.91 Å². The molecule has 0 bridgehead atoms. The van der Waals surface area contributed by atoms with Crippen molar-refractivity contribution in [3.8, 4) is 17.4 Å². The third kappa shape index (κ3) is 4.90. The van der Waals surface area contributed by atoms with Gasteiger partial charge in [-0.25, -0.2) is 4.98 Å². The van der Waals surface area contributed by atoms with E-state index in [-0.39, 0.29) is 23.4 Å². The summed E-state index contributed by atoms with van der Waals surface area (Å²) in [6, 6.07) is 8.09. The highest BCUT2D eigenvalue weighted by Crippen LogP contribution is 2.37. The molecular weight excluding hydrogens is 389 g/mol. The second-order valence-electron chi connectivity index (χ2n) is 6.56. The van der Waals surface area contributed by atoms with Gasteiger partial charge in [0, 0.05) is 18.8 Å². The number of halogens is 3. The van der Waals surface area contributed by atoms with Crippen molar-refractivity contribution in [3.05, 3.63) is 47.7 Å². The van der Waals surface area contributed by atoms with E-state index in [0.29, 0.717) is 18.0 Å². The zero-order valence-electron chi connectivity index (χ0n) is 16.0. The van der Waals surface area contributed by atoms with Crippen LogP contribution in [0.5, 0.6) is 17.4 Å². The van der Waals surface area contributed by atoms with E-state index < -0.39 is 12.8 Å². The zero-order chi connectivity index (χ0) is 21.0. The van der Waals surface area contributed by atoms with Gasteiger partial charge in [0.25, 0.3) is 5.91 Å². The normalized spacial score (nSPS) is 16.6. The Bertz CT molecular complexity index is 856. The van der Waals surface area contributed by atoms with Crippen molar-refractivity contribution in [2.45, 2.75) is 25.1 Å². The molecule has 156 valence electrons. The summed E-state index contributed by atoms with van der Waals surface area (Å²) in [5.74, 6) is 0.761. The number of amides is 1. The molecule has 3 rings (SSSR count). The average molecular weight is 410 g/mol. The van der Waals surface area contributed by atoms with E-state index in [1.165, 1.54) is 18.3 Å². The Kier molecular flexibility index (Phi) is 6.14. The Labute approximate surface area is 166 Å². The van der Waals surface area contributed by atoms with Crippen LogP contribution < -0.4 is 14.2 Å². The van der Waals surface area contributed by atoms with E-state index in [1.807, 2.05) is 12.1 Å². The Balaban J connectivity index is 1.75. The van der Waals surface area contributed by atoms with Gasteiger partial charge in [0.1, 0.15) is 0 Å². The molecule has 1 aromatic carbocycles. The van der Waals surface area contributed by atoms with Gasteiger partial charge in [0.05, 0.1) is 25.8 Å². The predicted molar refractivity (Wildman–Crippen MR) is 98.3 cm³/mol. The highest BCUT2D eigenvalue weighted by Gasteiger charge is 2.32.